The molecule has 1 saturated heterocycles. The van der Waals surface area contributed by atoms with Crippen molar-refractivity contribution >= 4 is 267 Å². The Balaban J connectivity index is 2.39. The maximum Gasteiger partial charge on any atom is 0.338 e. The molecular formula is C24H11I9N6O9. The van der Waals surface area contributed by atoms with Crippen LogP contribution in [0.5, 0.6) is 0 Å². The average molecular weight is 1670 g/mol. The SMILES string of the molecule is Nc1c(I)c(C(=O)O)c(I)c(N(c2c(I)c(N)c(I)c(C(=O)O)c2I)c2c(I)c(C(=O)O)c(I)c(N3C(=O)NC(=O)NC3O)c2I)c1I. The number of carbonyl (C=O) groups excluding carboxylic acids is 2. The van der Waals surface area contributed by atoms with Crippen molar-refractivity contribution < 1.29 is 44.4 Å². The molecule has 1 aliphatic rings. The summed E-state index contributed by atoms with van der Waals surface area (Å²) in [6.07, 6.45) is -1.92. The van der Waals surface area contributed by atoms with E-state index in [1.807, 2.05) is 186 Å². The summed E-state index contributed by atoms with van der Waals surface area (Å²) in [7, 11) is 0. The summed E-state index contributed by atoms with van der Waals surface area (Å²) in [5.74, 6) is -4.05. The van der Waals surface area contributed by atoms with Crippen molar-refractivity contribution in [2.45, 2.75) is 6.35 Å². The summed E-state index contributed by atoms with van der Waals surface area (Å²) < 4.78 is 1.71. The van der Waals surface area contributed by atoms with E-state index in [0.717, 1.165) is 4.90 Å². The van der Waals surface area contributed by atoms with Gasteiger partial charge in [-0.3, -0.25) is 10.6 Å². The second kappa shape index (κ2) is 16.0. The van der Waals surface area contributed by atoms with Gasteiger partial charge in [-0.2, -0.15) is 0 Å². The lowest BCUT2D eigenvalue weighted by atomic mass is 10.1. The van der Waals surface area contributed by atoms with E-state index >= 15 is 0 Å². The first kappa shape index (κ1) is 41.5. The van der Waals surface area contributed by atoms with E-state index in [1.165, 1.54) is 4.90 Å². The van der Waals surface area contributed by atoms with Gasteiger partial charge < -0.3 is 36.8 Å². The molecule has 0 radical (unpaired) electrons. The smallest absolute Gasteiger partial charge is 0.338 e. The molecule has 15 nitrogen and oxygen atoms in total. The minimum Gasteiger partial charge on any atom is -0.478 e. The van der Waals surface area contributed by atoms with Crippen molar-refractivity contribution in [3.63, 3.8) is 0 Å². The average Bonchev–Trinajstić information content (AvgIpc) is 2.95. The number of nitrogen functional groups attached to an aromatic ring is 2. The van der Waals surface area contributed by atoms with Crippen LogP contribution in [0.3, 0.4) is 0 Å². The second-order valence-electron chi connectivity index (χ2n) is 9.07. The molecule has 1 atom stereocenters. The number of nitrogens with one attached hydrogen (secondary N) is 2. The molecule has 4 rings (SSSR count). The van der Waals surface area contributed by atoms with Gasteiger partial charge in [0.2, 0.25) is 6.35 Å². The molecule has 254 valence electrons. The predicted octanol–water partition coefficient (Wildman–Crippen LogP) is 7.37. The van der Waals surface area contributed by atoms with Gasteiger partial charge >= 0.3 is 30.0 Å². The number of hydrogen-bond donors (Lipinski definition) is 8. The summed E-state index contributed by atoms with van der Waals surface area (Å²) in [4.78, 5) is 65.6. The Bertz CT molecular complexity index is 1950. The summed E-state index contributed by atoms with van der Waals surface area (Å²) in [5, 5.41) is 46.2. The standard InChI is InChI=1S/C24H11I9N6O9/c25-4-1(19(40)41)6(27)15(10(31)13(4)34)38(16-7(28)2(20(42)43)5(26)14(35)11(16)32)17-8(29)3(21(44)45)9(30)18(12(17)33)39-23(47)36-22(46)37-24(39)48/h23,47H,34-35H2,(H,40,41)(H,42,43)(H,44,45)(H2,36,37,46,48). The van der Waals surface area contributed by atoms with Crippen LogP contribution in [0.25, 0.3) is 0 Å². The van der Waals surface area contributed by atoms with Gasteiger partial charge in [0.1, 0.15) is 0 Å². The Hall–Kier alpha value is 0.740. The maximum absolute atomic E-state index is 13.2. The van der Waals surface area contributed by atoms with Crippen LogP contribution in [0.1, 0.15) is 31.1 Å². The van der Waals surface area contributed by atoms with Gasteiger partial charge in [-0.05, 0) is 203 Å². The van der Waals surface area contributed by atoms with Gasteiger partial charge in [0.25, 0.3) is 0 Å². The van der Waals surface area contributed by atoms with Gasteiger partial charge in [0, 0.05) is 0 Å². The molecule has 1 heterocycles. The maximum atomic E-state index is 13.2. The van der Waals surface area contributed by atoms with Crippen LogP contribution in [-0.4, -0.2) is 56.7 Å². The molecule has 3 aromatic carbocycles. The third kappa shape index (κ3) is 7.18. The molecule has 0 aromatic heterocycles. The van der Waals surface area contributed by atoms with Crippen LogP contribution in [0.15, 0.2) is 0 Å². The van der Waals surface area contributed by atoms with Crippen LogP contribution in [0.2, 0.25) is 0 Å². The Morgan fingerprint density at radius 3 is 1.31 bits per heavy atom. The molecule has 24 heteroatoms. The number of nitrogens with zero attached hydrogens (tertiary/aromatic N) is 2. The summed E-state index contributed by atoms with van der Waals surface area (Å²) >= 11 is 16.6. The zero-order chi connectivity index (χ0) is 36.4. The number of amides is 4. The first-order valence-corrected chi connectivity index (χ1v) is 21.6. The molecule has 0 spiro atoms. The summed E-state index contributed by atoms with van der Waals surface area (Å²) in [5.41, 5.74) is 12.8. The number of aliphatic hydroxyl groups is 1. The van der Waals surface area contributed by atoms with E-state index in [-0.39, 0.29) is 75.8 Å². The van der Waals surface area contributed by atoms with Crippen LogP contribution in [0, 0.1) is 32.1 Å². The minimum atomic E-state index is -1.92. The molecule has 0 aliphatic carbocycles. The number of nitrogens with two attached hydrogens (primary N) is 2. The number of rotatable bonds is 7. The first-order chi connectivity index (χ1) is 22.2. The molecule has 3 aromatic rings. The zero-order valence-corrected chi connectivity index (χ0v) is 41.8. The Labute approximate surface area is 391 Å². The highest BCUT2D eigenvalue weighted by molar-refractivity contribution is 14.1. The molecule has 4 amide bonds. The monoisotopic (exact) mass is 1670 g/mol. The van der Waals surface area contributed by atoms with Crippen LogP contribution < -0.4 is 31.9 Å². The Kier molecular flexibility index (Phi) is 13.8. The topological polar surface area (TPSA) is 249 Å². The molecule has 1 fully saturated rings. The molecule has 1 unspecified atom stereocenters. The van der Waals surface area contributed by atoms with Gasteiger partial charge in [0.05, 0.1) is 82.9 Å². The van der Waals surface area contributed by atoms with Crippen molar-refractivity contribution in [1.82, 2.24) is 10.6 Å². The van der Waals surface area contributed by atoms with Crippen molar-refractivity contribution in [2.75, 3.05) is 21.3 Å². The van der Waals surface area contributed by atoms with Gasteiger partial charge in [-0.15, -0.1) is 0 Å². The second-order valence-corrected chi connectivity index (χ2v) is 18.8. The van der Waals surface area contributed by atoms with E-state index < -0.39 is 36.3 Å². The number of carboxylic acids is 3. The molecule has 1 aliphatic heterocycles. The highest BCUT2D eigenvalue weighted by Gasteiger charge is 2.41. The number of benzene rings is 3. The van der Waals surface area contributed by atoms with Gasteiger partial charge in [-0.1, -0.05) is 0 Å². The lowest BCUT2D eigenvalue weighted by Crippen LogP contribution is -2.64. The number of aliphatic hydroxyl groups excluding tert-OH is 1. The van der Waals surface area contributed by atoms with E-state index in [2.05, 4.69) is 5.32 Å². The van der Waals surface area contributed by atoms with Crippen LogP contribution in [-0.2, 0) is 0 Å². The van der Waals surface area contributed by atoms with Gasteiger partial charge in [0.15, 0.2) is 0 Å². The predicted molar refractivity (Wildman–Crippen MR) is 251 cm³/mol. The fourth-order valence-electron chi connectivity index (χ4n) is 4.39. The Morgan fingerprint density at radius 2 is 0.958 bits per heavy atom. The molecular weight excluding hydrogens is 1660 g/mol. The van der Waals surface area contributed by atoms with E-state index in [1.54, 1.807) is 22.6 Å². The fourth-order valence-corrected chi connectivity index (χ4v) is 17.2. The van der Waals surface area contributed by atoms with Crippen LogP contribution >= 0.6 is 203 Å². The summed E-state index contributed by atoms with van der Waals surface area (Å²) in [6, 6.07) is -2.05. The number of aromatic carboxylic acids is 3. The molecule has 0 bridgehead atoms. The quantitative estimate of drug-likeness (QED) is 0.0854. The number of halogens is 9. The van der Waals surface area contributed by atoms with Crippen LogP contribution in [0.4, 0.5) is 43.7 Å². The van der Waals surface area contributed by atoms with E-state index in [9.17, 15) is 44.4 Å². The summed E-state index contributed by atoms with van der Waals surface area (Å²) in [6.45, 7) is 0. The molecule has 0 saturated carbocycles. The zero-order valence-electron chi connectivity index (χ0n) is 22.4. The normalized spacial score (nSPS) is 14.5. The third-order valence-corrected chi connectivity index (χ3v) is 16.1. The first-order valence-electron chi connectivity index (χ1n) is 11.9. The third-order valence-electron chi connectivity index (χ3n) is 6.42. The van der Waals surface area contributed by atoms with E-state index in [0.29, 0.717) is 7.14 Å². The van der Waals surface area contributed by atoms with E-state index in [4.69, 9.17) is 11.5 Å². The van der Waals surface area contributed by atoms with Crippen molar-refractivity contribution in [2.24, 2.45) is 0 Å². The number of urea groups is 2. The molecule has 10 N–H and O–H groups in total. The van der Waals surface area contributed by atoms with Crippen molar-refractivity contribution in [3.8, 4) is 0 Å². The number of carboxylic acid groups (broad SMARTS) is 3. The lowest BCUT2D eigenvalue weighted by molar-refractivity contribution is 0.0684. The highest BCUT2D eigenvalue weighted by Crippen LogP contribution is 2.54. The van der Waals surface area contributed by atoms with Gasteiger partial charge in [-0.25, -0.2) is 28.9 Å². The molecule has 48 heavy (non-hydrogen) atoms. The fraction of sp³-hybridized carbons (Fsp3) is 0.0417. The lowest BCUT2D eigenvalue weighted by Gasteiger charge is -2.37. The number of carbonyl (C=O) groups is 5. The minimum absolute atomic E-state index is 0.0124. The van der Waals surface area contributed by atoms with Crippen molar-refractivity contribution in [3.05, 3.63) is 48.8 Å². The van der Waals surface area contributed by atoms with Crippen molar-refractivity contribution in [1.29, 1.82) is 0 Å². The highest BCUT2D eigenvalue weighted by atomic mass is 127. The number of hydrogen-bond acceptors (Lipinski definition) is 9. The largest absolute Gasteiger partial charge is 0.478 e. The number of imide groups is 1. The number of anilines is 6. The Morgan fingerprint density at radius 1 is 0.604 bits per heavy atom.